The van der Waals surface area contributed by atoms with E-state index in [1.165, 1.54) is 6.92 Å². The van der Waals surface area contributed by atoms with Gasteiger partial charge in [-0.15, -0.1) is 0 Å². The van der Waals surface area contributed by atoms with Crippen LogP contribution in [0.25, 0.3) is 10.8 Å². The Morgan fingerprint density at radius 2 is 1.68 bits per heavy atom. The third-order valence-electron chi connectivity index (χ3n) is 7.18. The van der Waals surface area contributed by atoms with Crippen LogP contribution in [0, 0.1) is 0 Å². The first-order chi connectivity index (χ1) is 21.2. The number of nitrogens with one attached hydrogen (secondary N) is 4. The highest BCUT2D eigenvalue weighted by Gasteiger charge is 2.19. The maximum atomic E-state index is 12.4. The molecule has 10 nitrogen and oxygen atoms in total. The summed E-state index contributed by atoms with van der Waals surface area (Å²) in [7, 11) is 0. The van der Waals surface area contributed by atoms with Gasteiger partial charge < -0.3 is 36.2 Å². The first-order valence-electron chi connectivity index (χ1n) is 15.3. The topological polar surface area (TPSA) is 149 Å². The number of fused-ring (bicyclic) bond motifs is 1. The zero-order valence-electron chi connectivity index (χ0n) is 25.7. The molecule has 0 fully saturated rings. The normalized spacial score (nSPS) is 13.1. The number of rotatable bonds is 19. The molecule has 0 radical (unpaired) electrons. The smallest absolute Gasteiger partial charge is 0.242 e. The van der Waals surface area contributed by atoms with Crippen molar-refractivity contribution in [1.82, 2.24) is 16.0 Å². The van der Waals surface area contributed by atoms with E-state index < -0.39 is 12.1 Å². The van der Waals surface area contributed by atoms with Gasteiger partial charge in [0.25, 0.3) is 0 Å². The summed E-state index contributed by atoms with van der Waals surface area (Å²) in [5.74, 6) is 0.0769. The van der Waals surface area contributed by atoms with Crippen molar-refractivity contribution in [1.29, 1.82) is 0 Å². The fourth-order valence-corrected chi connectivity index (χ4v) is 4.79. The minimum Gasteiger partial charge on any atom is -0.490 e. The fraction of sp³-hybridized carbons (Fsp3) is 0.441. The van der Waals surface area contributed by atoms with Crippen molar-refractivity contribution in [2.75, 3.05) is 31.6 Å². The monoisotopic (exact) mass is 606 g/mol. The molecule has 0 bridgehead atoms. The molecule has 3 aromatic rings. The molecule has 0 saturated heterocycles. The number of ether oxygens (including phenoxy) is 1. The van der Waals surface area contributed by atoms with E-state index in [-0.39, 0.29) is 37.0 Å². The number of aliphatic hydroxyl groups is 2. The molecule has 0 heterocycles. The van der Waals surface area contributed by atoms with Crippen molar-refractivity contribution < 1.29 is 29.3 Å². The maximum absolute atomic E-state index is 12.4. The second-order valence-electron chi connectivity index (χ2n) is 11.1. The average Bonchev–Trinajstić information content (AvgIpc) is 3.01. The molecule has 2 unspecified atom stereocenters. The van der Waals surface area contributed by atoms with E-state index >= 15 is 0 Å². The number of hydrogen-bond acceptors (Lipinski definition) is 7. The number of benzene rings is 3. The van der Waals surface area contributed by atoms with Crippen LogP contribution in [0.5, 0.6) is 5.75 Å². The molecular weight excluding hydrogens is 560 g/mol. The Balaban J connectivity index is 1.31. The Labute approximate surface area is 259 Å². The molecule has 0 saturated carbocycles. The van der Waals surface area contributed by atoms with Gasteiger partial charge in [-0.05, 0) is 55.3 Å². The summed E-state index contributed by atoms with van der Waals surface area (Å²) in [5.41, 5.74) is 1.50. The molecule has 0 aliphatic rings. The lowest BCUT2D eigenvalue weighted by Gasteiger charge is -2.18. The van der Waals surface area contributed by atoms with E-state index in [0.29, 0.717) is 38.0 Å². The third-order valence-corrected chi connectivity index (χ3v) is 7.18. The molecular formula is C34H46N4O6. The summed E-state index contributed by atoms with van der Waals surface area (Å²) in [6.07, 6.45) is 2.99. The predicted molar refractivity (Wildman–Crippen MR) is 172 cm³/mol. The maximum Gasteiger partial charge on any atom is 0.242 e. The first kappa shape index (κ1) is 34.5. The lowest BCUT2D eigenvalue weighted by atomic mass is 10.0. The number of carbonyl (C=O) groups excluding carboxylic acids is 3. The van der Waals surface area contributed by atoms with Crippen LogP contribution in [-0.4, -0.2) is 72.4 Å². The van der Waals surface area contributed by atoms with Gasteiger partial charge in [0.05, 0.1) is 0 Å². The second-order valence-corrected chi connectivity index (χ2v) is 11.1. The lowest BCUT2D eigenvalue weighted by molar-refractivity contribution is -0.128. The number of aliphatic hydroxyl groups excluding tert-OH is 2. The van der Waals surface area contributed by atoms with Gasteiger partial charge in [0.2, 0.25) is 17.7 Å². The summed E-state index contributed by atoms with van der Waals surface area (Å²) in [5, 5.41) is 33.0. The van der Waals surface area contributed by atoms with E-state index in [4.69, 9.17) is 9.84 Å². The molecule has 44 heavy (non-hydrogen) atoms. The summed E-state index contributed by atoms with van der Waals surface area (Å²) in [6, 6.07) is 20.5. The van der Waals surface area contributed by atoms with Crippen molar-refractivity contribution in [2.45, 2.75) is 70.6 Å². The standard InChI is InChI=1S/C34H46N4O6/c1-24(36-22-29(41)23-44-32-13-7-11-27-10-4-5-12-30(27)32)9-3-6-14-33(42)38-28-17-15-26(16-18-28)21-31(37-25(2)40)34(43)35-19-8-20-39/h4-5,7,10-13,15-18,24,29,31,36,39,41H,3,6,8-9,14,19-23H2,1-2H3,(H,35,43)(H,37,40)(H,38,42)/t24?,29?,31-/m0/s1. The largest absolute Gasteiger partial charge is 0.490 e. The summed E-state index contributed by atoms with van der Waals surface area (Å²) >= 11 is 0. The zero-order chi connectivity index (χ0) is 31.7. The Kier molecular flexibility index (Phi) is 14.6. The molecule has 0 aliphatic heterocycles. The molecule has 238 valence electrons. The molecule has 3 rings (SSSR count). The number of amides is 3. The van der Waals surface area contributed by atoms with Crippen LogP contribution in [-0.2, 0) is 20.8 Å². The highest BCUT2D eigenvalue weighted by molar-refractivity contribution is 5.91. The van der Waals surface area contributed by atoms with Crippen LogP contribution in [0.4, 0.5) is 5.69 Å². The quantitative estimate of drug-likeness (QED) is 0.115. The molecule has 3 aromatic carbocycles. The van der Waals surface area contributed by atoms with Gasteiger partial charge in [-0.25, -0.2) is 0 Å². The molecule has 0 aromatic heterocycles. The number of unbranched alkanes of at least 4 members (excludes halogenated alkanes) is 1. The Hall–Kier alpha value is -3.99. The minimum absolute atomic E-state index is 0.0238. The van der Waals surface area contributed by atoms with Gasteiger partial charge in [0.1, 0.15) is 24.5 Å². The summed E-state index contributed by atoms with van der Waals surface area (Å²) < 4.78 is 5.88. The van der Waals surface area contributed by atoms with Crippen LogP contribution in [0.3, 0.4) is 0 Å². The van der Waals surface area contributed by atoms with Crippen LogP contribution in [0.15, 0.2) is 66.7 Å². The van der Waals surface area contributed by atoms with Crippen molar-refractivity contribution >= 4 is 34.2 Å². The second kappa shape index (κ2) is 18.6. The summed E-state index contributed by atoms with van der Waals surface area (Å²) in [4.78, 5) is 36.4. The third kappa shape index (κ3) is 12.3. The molecule has 0 spiro atoms. The SMILES string of the molecule is CC(=O)N[C@@H](Cc1ccc(NC(=O)CCCCC(C)NCC(O)COc2cccc3ccccc23)cc1)C(=O)NCCCO. The Morgan fingerprint density at radius 1 is 0.932 bits per heavy atom. The zero-order valence-corrected chi connectivity index (χ0v) is 25.7. The van der Waals surface area contributed by atoms with Crippen molar-refractivity contribution in [3.8, 4) is 5.75 Å². The van der Waals surface area contributed by atoms with Gasteiger partial charge in [0, 0.05) is 56.6 Å². The van der Waals surface area contributed by atoms with Crippen LogP contribution in [0.1, 0.15) is 51.5 Å². The number of anilines is 1. The van der Waals surface area contributed by atoms with Gasteiger partial charge in [-0.3, -0.25) is 14.4 Å². The van der Waals surface area contributed by atoms with E-state index in [0.717, 1.165) is 41.3 Å². The van der Waals surface area contributed by atoms with E-state index in [9.17, 15) is 19.5 Å². The van der Waals surface area contributed by atoms with Crippen LogP contribution >= 0.6 is 0 Å². The number of carbonyl (C=O) groups is 3. The van der Waals surface area contributed by atoms with Gasteiger partial charge in [-0.1, -0.05) is 55.0 Å². The minimum atomic E-state index is -0.727. The van der Waals surface area contributed by atoms with Gasteiger partial charge >= 0.3 is 0 Å². The highest BCUT2D eigenvalue weighted by Crippen LogP contribution is 2.25. The number of hydrogen-bond donors (Lipinski definition) is 6. The molecule has 0 aliphatic carbocycles. The van der Waals surface area contributed by atoms with E-state index in [1.54, 1.807) is 12.1 Å². The van der Waals surface area contributed by atoms with Crippen molar-refractivity contribution in [3.05, 3.63) is 72.3 Å². The molecule has 10 heteroatoms. The van der Waals surface area contributed by atoms with E-state index in [1.807, 2.05) is 54.6 Å². The molecule has 3 amide bonds. The average molecular weight is 607 g/mol. The first-order valence-corrected chi connectivity index (χ1v) is 15.3. The van der Waals surface area contributed by atoms with E-state index in [2.05, 4.69) is 28.2 Å². The molecule has 6 N–H and O–H groups in total. The highest BCUT2D eigenvalue weighted by atomic mass is 16.5. The van der Waals surface area contributed by atoms with Gasteiger partial charge in [0.15, 0.2) is 0 Å². The summed E-state index contributed by atoms with van der Waals surface area (Å²) in [6.45, 7) is 4.35. The lowest BCUT2D eigenvalue weighted by Crippen LogP contribution is -2.47. The Bertz CT molecular complexity index is 1330. The van der Waals surface area contributed by atoms with Crippen molar-refractivity contribution in [3.63, 3.8) is 0 Å². The predicted octanol–water partition coefficient (Wildman–Crippen LogP) is 3.30. The Morgan fingerprint density at radius 3 is 2.43 bits per heavy atom. The van der Waals surface area contributed by atoms with Crippen LogP contribution < -0.4 is 26.0 Å². The molecule has 3 atom stereocenters. The fourth-order valence-electron chi connectivity index (χ4n) is 4.79. The van der Waals surface area contributed by atoms with Crippen molar-refractivity contribution in [2.24, 2.45) is 0 Å². The van der Waals surface area contributed by atoms with Gasteiger partial charge in [-0.2, -0.15) is 0 Å². The van der Waals surface area contributed by atoms with Crippen LogP contribution in [0.2, 0.25) is 0 Å².